The van der Waals surface area contributed by atoms with E-state index in [-0.39, 0.29) is 0 Å². The van der Waals surface area contributed by atoms with Crippen LogP contribution < -0.4 is 9.80 Å². The fourth-order valence-corrected chi connectivity index (χ4v) is 5.89. The minimum absolute atomic E-state index is 1.08. The second kappa shape index (κ2) is 12.6. The Bertz CT molecular complexity index is 1860. The summed E-state index contributed by atoms with van der Waals surface area (Å²) in [7, 11) is 0. The van der Waals surface area contributed by atoms with Gasteiger partial charge in [-0.1, -0.05) is 140 Å². The summed E-state index contributed by atoms with van der Waals surface area (Å²) in [6, 6.07) is 68.7. The first kappa shape index (κ1) is 27.0. The van der Waals surface area contributed by atoms with Gasteiger partial charge in [-0.3, -0.25) is 0 Å². The van der Waals surface area contributed by atoms with Crippen LogP contribution in [0.15, 0.2) is 194 Å². The summed E-state index contributed by atoms with van der Waals surface area (Å²) < 4.78 is 0. The summed E-state index contributed by atoms with van der Waals surface area (Å²) in [5, 5.41) is 0. The quantitative estimate of drug-likeness (QED) is 0.181. The van der Waals surface area contributed by atoms with Crippen LogP contribution in [-0.2, 0) is 0 Å². The van der Waals surface area contributed by atoms with Gasteiger partial charge in [0.15, 0.2) is 0 Å². The molecule has 0 saturated heterocycles. The zero-order valence-corrected chi connectivity index (χ0v) is 24.4. The SMILES string of the molecule is c1ccc(-c2ccccc2-c2cccc(N(c3ccccc3)c3ccccc3)c2N(c2ccccc2)c2ccccc2)cc1. The second-order valence-electron chi connectivity index (χ2n) is 10.6. The van der Waals surface area contributed by atoms with Crippen molar-refractivity contribution in [3.8, 4) is 22.3 Å². The molecule has 0 heterocycles. The minimum atomic E-state index is 1.08. The van der Waals surface area contributed by atoms with Gasteiger partial charge >= 0.3 is 0 Å². The van der Waals surface area contributed by atoms with Crippen LogP contribution >= 0.6 is 0 Å². The molecule has 0 spiro atoms. The van der Waals surface area contributed by atoms with Gasteiger partial charge in [0.1, 0.15) is 0 Å². The summed E-state index contributed by atoms with van der Waals surface area (Å²) in [5.74, 6) is 0. The topological polar surface area (TPSA) is 6.48 Å². The summed E-state index contributed by atoms with van der Waals surface area (Å²) >= 11 is 0. The van der Waals surface area contributed by atoms with E-state index in [9.17, 15) is 0 Å². The first-order valence-corrected chi connectivity index (χ1v) is 15.0. The number of hydrogen-bond acceptors (Lipinski definition) is 2. The Hall–Kier alpha value is -5.86. The van der Waals surface area contributed by atoms with Crippen molar-refractivity contribution in [1.29, 1.82) is 0 Å². The number of rotatable bonds is 8. The van der Waals surface area contributed by atoms with Crippen LogP contribution in [-0.4, -0.2) is 0 Å². The Labute approximate surface area is 259 Å². The van der Waals surface area contributed by atoms with E-state index in [0.717, 1.165) is 39.7 Å². The molecule has 0 aromatic heterocycles. The molecule has 0 aliphatic heterocycles. The van der Waals surface area contributed by atoms with Crippen LogP contribution in [0, 0.1) is 0 Å². The van der Waals surface area contributed by atoms with Gasteiger partial charge in [0.25, 0.3) is 0 Å². The summed E-state index contributed by atoms with van der Waals surface area (Å²) in [6.45, 7) is 0. The van der Waals surface area contributed by atoms with Crippen molar-refractivity contribution in [1.82, 2.24) is 0 Å². The van der Waals surface area contributed by atoms with Gasteiger partial charge in [-0.25, -0.2) is 0 Å². The Morgan fingerprint density at radius 2 is 0.614 bits per heavy atom. The van der Waals surface area contributed by atoms with Gasteiger partial charge in [0, 0.05) is 28.3 Å². The first-order valence-electron chi connectivity index (χ1n) is 15.0. The molecule has 0 saturated carbocycles. The molecule has 0 fully saturated rings. The Morgan fingerprint density at radius 3 is 1.09 bits per heavy atom. The van der Waals surface area contributed by atoms with Gasteiger partial charge in [-0.05, 0) is 71.3 Å². The number of anilines is 6. The van der Waals surface area contributed by atoms with Crippen LogP contribution in [0.1, 0.15) is 0 Å². The molecule has 0 radical (unpaired) electrons. The maximum atomic E-state index is 2.39. The lowest BCUT2D eigenvalue weighted by atomic mass is 9.92. The van der Waals surface area contributed by atoms with Crippen LogP contribution in [0.3, 0.4) is 0 Å². The smallest absolute Gasteiger partial charge is 0.0781 e. The molecule has 2 heteroatoms. The fourth-order valence-electron chi connectivity index (χ4n) is 5.89. The molecule has 0 amide bonds. The maximum absolute atomic E-state index is 2.39. The van der Waals surface area contributed by atoms with E-state index in [1.54, 1.807) is 0 Å². The molecule has 210 valence electrons. The highest BCUT2D eigenvalue weighted by atomic mass is 15.2. The van der Waals surface area contributed by atoms with Gasteiger partial charge in [-0.2, -0.15) is 0 Å². The van der Waals surface area contributed by atoms with Crippen molar-refractivity contribution in [2.45, 2.75) is 0 Å². The van der Waals surface area contributed by atoms with Crippen LogP contribution in [0.5, 0.6) is 0 Å². The zero-order valence-electron chi connectivity index (χ0n) is 24.4. The van der Waals surface area contributed by atoms with E-state index in [1.807, 2.05) is 0 Å². The Balaban J connectivity index is 1.59. The summed E-state index contributed by atoms with van der Waals surface area (Å²) in [6.07, 6.45) is 0. The molecule has 7 aromatic rings. The van der Waals surface area contributed by atoms with E-state index in [4.69, 9.17) is 0 Å². The summed E-state index contributed by atoms with van der Waals surface area (Å²) in [5.41, 5.74) is 11.2. The van der Waals surface area contributed by atoms with Gasteiger partial charge < -0.3 is 9.80 Å². The average molecular weight is 565 g/mol. The molecule has 0 aliphatic rings. The van der Waals surface area contributed by atoms with Crippen molar-refractivity contribution < 1.29 is 0 Å². The van der Waals surface area contributed by atoms with Crippen LogP contribution in [0.2, 0.25) is 0 Å². The molecule has 0 unspecified atom stereocenters. The van der Waals surface area contributed by atoms with E-state index < -0.39 is 0 Å². The van der Waals surface area contributed by atoms with E-state index in [0.29, 0.717) is 0 Å². The molecular formula is C42H32N2. The van der Waals surface area contributed by atoms with E-state index >= 15 is 0 Å². The monoisotopic (exact) mass is 564 g/mol. The molecular weight excluding hydrogens is 532 g/mol. The highest BCUT2D eigenvalue weighted by Crippen LogP contribution is 2.51. The number of hydrogen-bond donors (Lipinski definition) is 0. The van der Waals surface area contributed by atoms with Crippen molar-refractivity contribution in [3.05, 3.63) is 194 Å². The largest absolute Gasteiger partial charge is 0.308 e. The molecule has 0 bridgehead atoms. The standard InChI is InChI=1S/C42H32N2/c1-6-19-33(20-7-1)38-29-16-17-30-39(38)40-31-18-32-41(43(34-21-8-2-9-22-34)35-23-10-3-11-24-35)42(40)44(36-25-12-4-13-26-36)37-27-14-5-15-28-37/h1-32H. The van der Waals surface area contributed by atoms with Crippen molar-refractivity contribution >= 4 is 34.1 Å². The molecule has 44 heavy (non-hydrogen) atoms. The Morgan fingerprint density at radius 1 is 0.250 bits per heavy atom. The minimum Gasteiger partial charge on any atom is -0.308 e. The van der Waals surface area contributed by atoms with Gasteiger partial charge in [0.2, 0.25) is 0 Å². The highest BCUT2D eigenvalue weighted by molar-refractivity contribution is 6.01. The molecule has 2 nitrogen and oxygen atoms in total. The zero-order chi connectivity index (χ0) is 29.6. The van der Waals surface area contributed by atoms with Crippen molar-refractivity contribution in [3.63, 3.8) is 0 Å². The predicted molar refractivity (Wildman–Crippen MR) is 187 cm³/mol. The molecule has 0 N–H and O–H groups in total. The van der Waals surface area contributed by atoms with Crippen LogP contribution in [0.4, 0.5) is 34.1 Å². The molecule has 0 aliphatic carbocycles. The predicted octanol–water partition coefficient (Wildman–Crippen LogP) is 12.0. The third kappa shape index (κ3) is 5.37. The lowest BCUT2D eigenvalue weighted by molar-refractivity contribution is 1.23. The summed E-state index contributed by atoms with van der Waals surface area (Å²) in [4.78, 5) is 4.76. The lowest BCUT2D eigenvalue weighted by Gasteiger charge is -2.35. The highest BCUT2D eigenvalue weighted by Gasteiger charge is 2.26. The normalized spacial score (nSPS) is 10.7. The van der Waals surface area contributed by atoms with Crippen molar-refractivity contribution in [2.75, 3.05) is 9.80 Å². The molecule has 0 atom stereocenters. The third-order valence-corrected chi connectivity index (χ3v) is 7.84. The Kier molecular flexibility index (Phi) is 7.71. The van der Waals surface area contributed by atoms with Crippen molar-refractivity contribution in [2.24, 2.45) is 0 Å². The van der Waals surface area contributed by atoms with E-state index in [2.05, 4.69) is 204 Å². The number of nitrogens with zero attached hydrogens (tertiary/aromatic N) is 2. The fraction of sp³-hybridized carbons (Fsp3) is 0. The van der Waals surface area contributed by atoms with Gasteiger partial charge in [0.05, 0.1) is 11.4 Å². The van der Waals surface area contributed by atoms with Gasteiger partial charge in [-0.15, -0.1) is 0 Å². The average Bonchev–Trinajstić information content (AvgIpc) is 3.11. The molecule has 7 aromatic carbocycles. The lowest BCUT2D eigenvalue weighted by Crippen LogP contribution is -2.18. The molecule has 7 rings (SSSR count). The second-order valence-corrected chi connectivity index (χ2v) is 10.6. The van der Waals surface area contributed by atoms with E-state index in [1.165, 1.54) is 16.7 Å². The first-order chi connectivity index (χ1) is 21.9. The number of benzene rings is 7. The van der Waals surface area contributed by atoms with Crippen LogP contribution in [0.25, 0.3) is 22.3 Å². The third-order valence-electron chi connectivity index (χ3n) is 7.84. The maximum Gasteiger partial charge on any atom is 0.0781 e. The number of para-hydroxylation sites is 5.